The number of anilines is 2. The predicted octanol–water partition coefficient (Wildman–Crippen LogP) is 4.81. The predicted molar refractivity (Wildman–Crippen MR) is 130 cm³/mol. The molecule has 0 unspecified atom stereocenters. The lowest BCUT2D eigenvalue weighted by Gasteiger charge is -2.20. The van der Waals surface area contributed by atoms with Crippen molar-refractivity contribution < 1.29 is 9.53 Å². The van der Waals surface area contributed by atoms with Crippen LogP contribution in [-0.2, 0) is 6.54 Å². The van der Waals surface area contributed by atoms with Gasteiger partial charge in [0.1, 0.15) is 11.6 Å². The van der Waals surface area contributed by atoms with Gasteiger partial charge in [0.25, 0.3) is 5.91 Å². The average molecular weight is 440 g/mol. The number of pyridine rings is 1. The van der Waals surface area contributed by atoms with Gasteiger partial charge in [-0.1, -0.05) is 30.3 Å². The summed E-state index contributed by atoms with van der Waals surface area (Å²) in [6, 6.07) is 21.0. The molecule has 5 rings (SSSR count). The van der Waals surface area contributed by atoms with E-state index in [1.54, 1.807) is 0 Å². The number of nitrogens with one attached hydrogen (secondary N) is 1. The number of aryl methyl sites for hydroxylation is 1. The van der Waals surface area contributed by atoms with Crippen LogP contribution in [0.5, 0.6) is 11.6 Å². The standard InChI is InChI=1S/C26H25N5O2/c1-16-4-2-5-21(30-16)33-20-12-8-17(9-13-20)22-23(25(28)32)26-29-14-3-15-31(26)24(22)18-6-10-19(27)11-7-18/h2,4-13,29H,3,14-15,27H2,1H3,(H2,28,32). The molecule has 0 bridgehead atoms. The van der Waals surface area contributed by atoms with Gasteiger partial charge in [-0.05, 0) is 54.8 Å². The number of hydrogen-bond acceptors (Lipinski definition) is 5. The van der Waals surface area contributed by atoms with Crippen LogP contribution >= 0.6 is 0 Å². The number of nitrogens with two attached hydrogens (primary N) is 2. The maximum Gasteiger partial charge on any atom is 0.253 e. The Balaban J connectivity index is 1.63. The molecule has 0 saturated carbocycles. The molecule has 166 valence electrons. The zero-order valence-corrected chi connectivity index (χ0v) is 18.3. The Labute approximate surface area is 192 Å². The number of primary amides is 1. The van der Waals surface area contributed by atoms with Gasteiger partial charge in [0.05, 0.1) is 11.3 Å². The Morgan fingerprint density at radius 1 is 1.03 bits per heavy atom. The minimum atomic E-state index is -0.464. The molecule has 7 nitrogen and oxygen atoms in total. The Morgan fingerprint density at radius 2 is 1.76 bits per heavy atom. The maximum absolute atomic E-state index is 12.6. The third-order valence-corrected chi connectivity index (χ3v) is 5.77. The van der Waals surface area contributed by atoms with E-state index in [0.717, 1.165) is 53.4 Å². The molecule has 33 heavy (non-hydrogen) atoms. The third kappa shape index (κ3) is 3.89. The summed E-state index contributed by atoms with van der Waals surface area (Å²) in [5.74, 6) is 1.49. The van der Waals surface area contributed by atoms with Gasteiger partial charge in [-0.3, -0.25) is 4.79 Å². The summed E-state index contributed by atoms with van der Waals surface area (Å²) in [5, 5.41) is 3.38. The lowest BCUT2D eigenvalue weighted by atomic mass is 9.97. The molecule has 2 aromatic heterocycles. The van der Waals surface area contributed by atoms with E-state index >= 15 is 0 Å². The van der Waals surface area contributed by atoms with Crippen LogP contribution in [-0.4, -0.2) is 22.0 Å². The number of nitrogens with zero attached hydrogens (tertiary/aromatic N) is 2. The smallest absolute Gasteiger partial charge is 0.253 e. The second-order valence-electron chi connectivity index (χ2n) is 8.11. The highest BCUT2D eigenvalue weighted by Gasteiger charge is 2.29. The van der Waals surface area contributed by atoms with E-state index in [1.807, 2.05) is 73.7 Å². The van der Waals surface area contributed by atoms with Crippen molar-refractivity contribution in [2.45, 2.75) is 19.9 Å². The van der Waals surface area contributed by atoms with Gasteiger partial charge >= 0.3 is 0 Å². The first-order chi connectivity index (χ1) is 16.0. The molecule has 1 amide bonds. The van der Waals surface area contributed by atoms with E-state index in [1.165, 1.54) is 0 Å². The molecule has 5 N–H and O–H groups in total. The number of fused-ring (bicyclic) bond motifs is 1. The van der Waals surface area contributed by atoms with Crippen LogP contribution in [0.4, 0.5) is 11.5 Å². The lowest BCUT2D eigenvalue weighted by Crippen LogP contribution is -2.21. The van der Waals surface area contributed by atoms with Gasteiger partial charge < -0.3 is 26.1 Å². The van der Waals surface area contributed by atoms with E-state index in [0.29, 0.717) is 22.9 Å². The van der Waals surface area contributed by atoms with Gasteiger partial charge in [-0.15, -0.1) is 0 Å². The second-order valence-corrected chi connectivity index (χ2v) is 8.11. The van der Waals surface area contributed by atoms with Gasteiger partial charge in [-0.25, -0.2) is 4.98 Å². The molecule has 0 aliphatic carbocycles. The van der Waals surface area contributed by atoms with Crippen molar-refractivity contribution in [3.8, 4) is 34.0 Å². The van der Waals surface area contributed by atoms with Crippen molar-refractivity contribution in [3.05, 3.63) is 78.0 Å². The number of carbonyl (C=O) groups excluding carboxylic acids is 1. The molecule has 0 atom stereocenters. The van der Waals surface area contributed by atoms with Gasteiger partial charge in [0.15, 0.2) is 0 Å². The number of carbonyl (C=O) groups is 1. The summed E-state index contributed by atoms with van der Waals surface area (Å²) in [6.07, 6.45) is 0.956. The second kappa shape index (κ2) is 8.35. The van der Waals surface area contributed by atoms with Gasteiger partial charge in [-0.2, -0.15) is 0 Å². The van der Waals surface area contributed by atoms with Crippen molar-refractivity contribution in [3.63, 3.8) is 0 Å². The molecule has 0 spiro atoms. The molecule has 0 saturated heterocycles. The van der Waals surface area contributed by atoms with Crippen molar-refractivity contribution >= 4 is 17.4 Å². The molecule has 1 aliphatic heterocycles. The summed E-state index contributed by atoms with van der Waals surface area (Å²) in [6.45, 7) is 3.51. The van der Waals surface area contributed by atoms with Gasteiger partial charge in [0.2, 0.25) is 5.88 Å². The van der Waals surface area contributed by atoms with Crippen molar-refractivity contribution in [1.82, 2.24) is 9.55 Å². The monoisotopic (exact) mass is 439 g/mol. The summed E-state index contributed by atoms with van der Waals surface area (Å²) in [4.78, 5) is 17.0. The van der Waals surface area contributed by atoms with E-state index < -0.39 is 5.91 Å². The number of hydrogen-bond donors (Lipinski definition) is 3. The summed E-state index contributed by atoms with van der Waals surface area (Å²) in [5.41, 5.74) is 17.5. The molecule has 2 aromatic carbocycles. The molecular weight excluding hydrogens is 414 g/mol. The minimum Gasteiger partial charge on any atom is -0.439 e. The minimum absolute atomic E-state index is 0.464. The fourth-order valence-electron chi connectivity index (χ4n) is 4.32. The van der Waals surface area contributed by atoms with Crippen molar-refractivity contribution in [1.29, 1.82) is 0 Å². The normalized spacial score (nSPS) is 12.6. The molecule has 3 heterocycles. The van der Waals surface area contributed by atoms with Crippen molar-refractivity contribution in [2.75, 3.05) is 17.6 Å². The SMILES string of the molecule is Cc1cccc(Oc2ccc(-c3c(C(N)=O)c4n(c3-c3ccc(N)cc3)CCCN4)cc2)n1. The Kier molecular flexibility index (Phi) is 5.22. The highest BCUT2D eigenvalue weighted by molar-refractivity contribution is 6.09. The quantitative estimate of drug-likeness (QED) is 0.387. The number of ether oxygens (including phenoxy) is 1. The van der Waals surface area contributed by atoms with Crippen molar-refractivity contribution in [2.24, 2.45) is 5.73 Å². The zero-order chi connectivity index (χ0) is 22.9. The van der Waals surface area contributed by atoms with Gasteiger partial charge in [0, 0.05) is 36.1 Å². The summed E-state index contributed by atoms with van der Waals surface area (Å²) in [7, 11) is 0. The molecule has 0 fully saturated rings. The molecule has 7 heteroatoms. The van der Waals surface area contributed by atoms with Crippen LogP contribution in [0.25, 0.3) is 22.4 Å². The molecule has 4 aromatic rings. The largest absolute Gasteiger partial charge is 0.439 e. The lowest BCUT2D eigenvalue weighted by molar-refractivity contribution is 0.100. The van der Waals surface area contributed by atoms with Crippen LogP contribution in [0.3, 0.4) is 0 Å². The highest BCUT2D eigenvalue weighted by Crippen LogP contribution is 2.43. The highest BCUT2D eigenvalue weighted by atomic mass is 16.5. The summed E-state index contributed by atoms with van der Waals surface area (Å²) < 4.78 is 8.05. The van der Waals surface area contributed by atoms with E-state index in [9.17, 15) is 4.79 Å². The van der Waals surface area contributed by atoms with Crippen LogP contribution in [0, 0.1) is 6.92 Å². The zero-order valence-electron chi connectivity index (χ0n) is 18.3. The van der Waals surface area contributed by atoms with E-state index in [-0.39, 0.29) is 0 Å². The topological polar surface area (TPSA) is 108 Å². The fraction of sp³-hybridized carbons (Fsp3) is 0.154. The van der Waals surface area contributed by atoms with Crippen LogP contribution in [0.1, 0.15) is 22.5 Å². The molecular formula is C26H25N5O2. The van der Waals surface area contributed by atoms with Crippen LogP contribution in [0.2, 0.25) is 0 Å². The third-order valence-electron chi connectivity index (χ3n) is 5.77. The van der Waals surface area contributed by atoms with E-state index in [2.05, 4.69) is 14.9 Å². The number of amides is 1. The number of nitrogen functional groups attached to an aromatic ring is 1. The summed E-state index contributed by atoms with van der Waals surface area (Å²) >= 11 is 0. The number of benzene rings is 2. The first-order valence-electron chi connectivity index (χ1n) is 10.9. The van der Waals surface area contributed by atoms with Crippen LogP contribution < -0.4 is 21.5 Å². The van der Waals surface area contributed by atoms with Crippen LogP contribution in [0.15, 0.2) is 66.7 Å². The fourth-order valence-corrected chi connectivity index (χ4v) is 4.32. The first kappa shape index (κ1) is 20.6. The molecule has 0 radical (unpaired) electrons. The Morgan fingerprint density at radius 3 is 2.45 bits per heavy atom. The Hall–Kier alpha value is -4.26. The Bertz CT molecular complexity index is 1320. The number of aromatic nitrogens is 2. The maximum atomic E-state index is 12.6. The molecule has 1 aliphatic rings. The average Bonchev–Trinajstić information content (AvgIpc) is 3.16. The van der Waals surface area contributed by atoms with E-state index in [4.69, 9.17) is 16.2 Å². The first-order valence-corrected chi connectivity index (χ1v) is 10.9. The number of rotatable bonds is 5.